The molecule has 3 heterocycles. The SMILES string of the molecule is C[C@@]1(O)[C@H](O)[C@@H](CO)O[C@H]1n1cc(C=C(F)F)c2c(NO)ncnc21. The van der Waals surface area contributed by atoms with E-state index in [0.717, 1.165) is 6.33 Å². The molecule has 0 amide bonds. The summed E-state index contributed by atoms with van der Waals surface area (Å²) in [6.07, 6.45) is -2.81. The number of rotatable bonds is 4. The molecule has 4 atom stereocenters. The minimum Gasteiger partial charge on any atom is -0.394 e. The smallest absolute Gasteiger partial charge is 0.270 e. The highest BCUT2D eigenvalue weighted by molar-refractivity contribution is 5.95. The molecule has 25 heavy (non-hydrogen) atoms. The Hall–Kier alpha value is -2.18. The first kappa shape index (κ1) is 17.6. The Bertz CT molecular complexity index is 821. The Kier molecular flexibility index (Phi) is 4.43. The Morgan fingerprint density at radius 3 is 2.76 bits per heavy atom. The standard InChI is InChI=1S/C14H16F2N4O5/c1-14(23)10(22)7(4-21)25-13(14)20-3-6(2-8(15)16)9-11(19-24)17-5-18-12(9)20/h2-3,5,7,10,13,21-24H,4H2,1H3,(H,17,18,19)/t7-,10-,13-,14-/m1/s1. The van der Waals surface area contributed by atoms with Gasteiger partial charge in [0.2, 0.25) is 0 Å². The van der Waals surface area contributed by atoms with E-state index in [1.807, 2.05) is 0 Å². The number of ether oxygens (including phenoxy) is 1. The summed E-state index contributed by atoms with van der Waals surface area (Å²) in [5.74, 6) is -0.117. The summed E-state index contributed by atoms with van der Waals surface area (Å²) in [7, 11) is 0. The second-order valence-electron chi connectivity index (χ2n) is 5.84. The average molecular weight is 358 g/mol. The monoisotopic (exact) mass is 358 g/mol. The van der Waals surface area contributed by atoms with Gasteiger partial charge in [0.25, 0.3) is 6.08 Å². The van der Waals surface area contributed by atoms with Crippen LogP contribution in [0.5, 0.6) is 0 Å². The van der Waals surface area contributed by atoms with Crippen molar-refractivity contribution in [1.29, 1.82) is 0 Å². The highest BCUT2D eigenvalue weighted by atomic mass is 19.3. The summed E-state index contributed by atoms with van der Waals surface area (Å²) in [5, 5.41) is 39.2. The Labute approximate surface area is 139 Å². The number of fused-ring (bicyclic) bond motifs is 1. The van der Waals surface area contributed by atoms with E-state index in [9.17, 15) is 29.3 Å². The predicted molar refractivity (Wildman–Crippen MR) is 80.8 cm³/mol. The van der Waals surface area contributed by atoms with Gasteiger partial charge in [0.15, 0.2) is 12.0 Å². The van der Waals surface area contributed by atoms with Crippen LogP contribution >= 0.6 is 0 Å². The van der Waals surface area contributed by atoms with Gasteiger partial charge < -0.3 is 24.6 Å². The highest BCUT2D eigenvalue weighted by Gasteiger charge is 2.53. The summed E-state index contributed by atoms with van der Waals surface area (Å²) in [6, 6.07) is 0. The van der Waals surface area contributed by atoms with Gasteiger partial charge in [0, 0.05) is 17.8 Å². The number of nitrogens with one attached hydrogen (secondary N) is 1. The minimum atomic E-state index is -1.99. The lowest BCUT2D eigenvalue weighted by Crippen LogP contribution is -2.44. The summed E-state index contributed by atoms with van der Waals surface area (Å²) in [5.41, 5.74) is 0.0236. The quantitative estimate of drug-likeness (QED) is 0.498. The molecule has 0 unspecified atom stereocenters. The third-order valence-corrected chi connectivity index (χ3v) is 4.20. The van der Waals surface area contributed by atoms with Gasteiger partial charge in [-0.3, -0.25) is 10.7 Å². The Morgan fingerprint density at radius 1 is 1.48 bits per heavy atom. The van der Waals surface area contributed by atoms with E-state index in [1.54, 1.807) is 5.48 Å². The summed E-state index contributed by atoms with van der Waals surface area (Å²) in [4.78, 5) is 7.76. The van der Waals surface area contributed by atoms with Crippen molar-refractivity contribution < 1.29 is 34.0 Å². The third kappa shape index (κ3) is 2.75. The van der Waals surface area contributed by atoms with E-state index in [-0.39, 0.29) is 22.4 Å². The fraction of sp³-hybridized carbons (Fsp3) is 0.429. The number of anilines is 1. The van der Waals surface area contributed by atoms with Gasteiger partial charge in [-0.15, -0.1) is 0 Å². The molecular weight excluding hydrogens is 342 g/mol. The van der Waals surface area contributed by atoms with Gasteiger partial charge in [0.05, 0.1) is 12.0 Å². The van der Waals surface area contributed by atoms with Gasteiger partial charge in [-0.25, -0.2) is 9.97 Å². The van der Waals surface area contributed by atoms with Crippen LogP contribution in [0.4, 0.5) is 14.6 Å². The van der Waals surface area contributed by atoms with Crippen molar-refractivity contribution in [2.45, 2.75) is 31.0 Å². The van der Waals surface area contributed by atoms with Gasteiger partial charge in [-0.1, -0.05) is 0 Å². The molecule has 0 saturated carbocycles. The number of hydrogen-bond acceptors (Lipinski definition) is 8. The van der Waals surface area contributed by atoms with Crippen LogP contribution in [0.2, 0.25) is 0 Å². The molecule has 0 aliphatic carbocycles. The fourth-order valence-corrected chi connectivity index (χ4v) is 2.99. The lowest BCUT2D eigenvalue weighted by Gasteiger charge is -2.27. The second kappa shape index (κ2) is 6.28. The van der Waals surface area contributed by atoms with Crippen molar-refractivity contribution in [3.05, 3.63) is 24.2 Å². The lowest BCUT2D eigenvalue weighted by molar-refractivity contribution is -0.0948. The number of aromatic nitrogens is 3. The molecule has 5 N–H and O–H groups in total. The van der Waals surface area contributed by atoms with Crippen LogP contribution in [0.1, 0.15) is 18.7 Å². The van der Waals surface area contributed by atoms with Crippen LogP contribution in [-0.4, -0.2) is 59.5 Å². The van der Waals surface area contributed by atoms with Crippen molar-refractivity contribution in [3.8, 4) is 0 Å². The van der Waals surface area contributed by atoms with Gasteiger partial charge in [0.1, 0.15) is 29.8 Å². The molecule has 136 valence electrons. The van der Waals surface area contributed by atoms with Crippen LogP contribution in [0.15, 0.2) is 18.6 Å². The van der Waals surface area contributed by atoms with Crippen LogP contribution in [-0.2, 0) is 4.74 Å². The summed E-state index contributed by atoms with van der Waals surface area (Å²) in [6.45, 7) is 0.749. The molecule has 0 spiro atoms. The van der Waals surface area contributed by atoms with Gasteiger partial charge in [-0.05, 0) is 6.92 Å². The minimum absolute atomic E-state index is 0.0338. The summed E-state index contributed by atoms with van der Waals surface area (Å²) < 4.78 is 32.3. The Balaban J connectivity index is 2.22. The predicted octanol–water partition coefficient (Wildman–Crippen LogP) is 0.471. The van der Waals surface area contributed by atoms with E-state index in [4.69, 9.17) is 4.74 Å². The van der Waals surface area contributed by atoms with Crippen molar-refractivity contribution >= 4 is 22.9 Å². The highest BCUT2D eigenvalue weighted by Crippen LogP contribution is 2.41. The maximum absolute atomic E-state index is 12.8. The van der Waals surface area contributed by atoms with Crippen LogP contribution in [0.3, 0.4) is 0 Å². The molecule has 2 aromatic heterocycles. The van der Waals surface area contributed by atoms with E-state index in [1.165, 1.54) is 17.7 Å². The molecular formula is C14H16F2N4O5. The first-order chi connectivity index (χ1) is 11.8. The van der Waals surface area contributed by atoms with Crippen molar-refractivity contribution in [2.75, 3.05) is 12.1 Å². The zero-order valence-electron chi connectivity index (χ0n) is 13.0. The molecule has 11 heteroatoms. The molecule has 2 aromatic rings. The zero-order valence-corrected chi connectivity index (χ0v) is 13.0. The number of aliphatic hydroxyl groups excluding tert-OH is 2. The van der Waals surface area contributed by atoms with Gasteiger partial charge >= 0.3 is 0 Å². The van der Waals surface area contributed by atoms with Crippen molar-refractivity contribution in [1.82, 2.24) is 14.5 Å². The third-order valence-electron chi connectivity index (χ3n) is 4.20. The second-order valence-corrected chi connectivity index (χ2v) is 5.84. The largest absolute Gasteiger partial charge is 0.394 e. The molecule has 0 bridgehead atoms. The van der Waals surface area contributed by atoms with Crippen molar-refractivity contribution in [3.63, 3.8) is 0 Å². The fourth-order valence-electron chi connectivity index (χ4n) is 2.99. The number of halogens is 2. The molecule has 1 aliphatic rings. The van der Waals surface area contributed by atoms with E-state index in [0.29, 0.717) is 6.08 Å². The molecule has 3 rings (SSSR count). The Morgan fingerprint density at radius 2 is 2.20 bits per heavy atom. The van der Waals surface area contributed by atoms with E-state index >= 15 is 0 Å². The van der Waals surface area contributed by atoms with Crippen molar-refractivity contribution in [2.24, 2.45) is 0 Å². The molecule has 1 aliphatic heterocycles. The molecule has 0 radical (unpaired) electrons. The van der Waals surface area contributed by atoms with Gasteiger partial charge in [-0.2, -0.15) is 8.78 Å². The lowest BCUT2D eigenvalue weighted by atomic mass is 9.96. The normalized spacial score (nSPS) is 29.2. The first-order valence-electron chi connectivity index (χ1n) is 7.26. The zero-order chi connectivity index (χ0) is 18.4. The summed E-state index contributed by atoms with van der Waals surface area (Å²) >= 11 is 0. The van der Waals surface area contributed by atoms with Crippen LogP contribution in [0.25, 0.3) is 17.1 Å². The molecule has 9 nitrogen and oxygen atoms in total. The molecule has 1 saturated heterocycles. The first-order valence-corrected chi connectivity index (χ1v) is 7.26. The number of nitrogens with zero attached hydrogens (tertiary/aromatic N) is 3. The van der Waals surface area contributed by atoms with Crippen LogP contribution in [0, 0.1) is 0 Å². The topological polar surface area (TPSA) is 133 Å². The maximum Gasteiger partial charge on any atom is 0.270 e. The maximum atomic E-state index is 12.8. The van der Waals surface area contributed by atoms with E-state index < -0.39 is 36.7 Å². The molecule has 1 fully saturated rings. The molecule has 0 aromatic carbocycles. The number of hydrogen-bond donors (Lipinski definition) is 5. The number of aliphatic hydroxyl groups is 3. The van der Waals surface area contributed by atoms with E-state index in [2.05, 4.69) is 9.97 Å². The van der Waals surface area contributed by atoms with Crippen LogP contribution < -0.4 is 5.48 Å². The average Bonchev–Trinajstić information content (AvgIpc) is 3.03.